The minimum absolute atomic E-state index is 0.144. The number of hydrogen-bond donors (Lipinski definition) is 1. The van der Waals surface area contributed by atoms with Crippen molar-refractivity contribution in [2.24, 2.45) is 0 Å². The standard InChI is InChI=1S/C21H23ClN2O3/c1-15-3-5-19(16(2)13-15)26-11-12-27-20-6-4-18(22)14-17(20)8-10-24-21(25)7-9-23/h3-6,13-14H,7-8,10-12H2,1-2H3,(H,24,25). The van der Waals surface area contributed by atoms with Gasteiger partial charge in [0, 0.05) is 11.6 Å². The Balaban J connectivity index is 1.86. The van der Waals surface area contributed by atoms with Crippen LogP contribution in [-0.2, 0) is 11.2 Å². The SMILES string of the molecule is Cc1ccc(OCCOc2ccc(Cl)cc2CCNC(=O)CC#N)c(C)c1. The lowest BCUT2D eigenvalue weighted by molar-refractivity contribution is -0.120. The maximum Gasteiger partial charge on any atom is 0.234 e. The van der Waals surface area contributed by atoms with E-state index in [0.717, 1.165) is 16.9 Å². The van der Waals surface area contributed by atoms with Crippen molar-refractivity contribution < 1.29 is 14.3 Å². The van der Waals surface area contributed by atoms with Crippen molar-refractivity contribution >= 4 is 17.5 Å². The number of ether oxygens (including phenoxy) is 2. The first-order valence-electron chi connectivity index (χ1n) is 8.74. The number of hydrogen-bond acceptors (Lipinski definition) is 4. The fourth-order valence-electron chi connectivity index (χ4n) is 2.62. The van der Waals surface area contributed by atoms with Crippen LogP contribution in [0.25, 0.3) is 0 Å². The number of nitriles is 1. The molecule has 0 aliphatic carbocycles. The molecular weight excluding hydrogens is 364 g/mol. The highest BCUT2D eigenvalue weighted by atomic mass is 35.5. The van der Waals surface area contributed by atoms with Crippen LogP contribution in [0.5, 0.6) is 11.5 Å². The fourth-order valence-corrected chi connectivity index (χ4v) is 2.81. The largest absolute Gasteiger partial charge is 0.490 e. The molecule has 0 bridgehead atoms. The van der Waals surface area contributed by atoms with Gasteiger partial charge in [0.05, 0.1) is 6.07 Å². The van der Waals surface area contributed by atoms with E-state index in [9.17, 15) is 4.79 Å². The van der Waals surface area contributed by atoms with E-state index < -0.39 is 0 Å². The van der Waals surface area contributed by atoms with Crippen LogP contribution < -0.4 is 14.8 Å². The molecule has 0 saturated heterocycles. The van der Waals surface area contributed by atoms with Crippen LogP contribution in [0.4, 0.5) is 0 Å². The maximum atomic E-state index is 11.4. The van der Waals surface area contributed by atoms with Gasteiger partial charge in [-0.15, -0.1) is 0 Å². The Morgan fingerprint density at radius 2 is 1.81 bits per heavy atom. The van der Waals surface area contributed by atoms with Gasteiger partial charge in [0.1, 0.15) is 31.1 Å². The second kappa shape index (κ2) is 10.4. The number of aryl methyl sites for hydroxylation is 2. The predicted octanol–water partition coefficient (Wildman–Crippen LogP) is 3.99. The van der Waals surface area contributed by atoms with Crippen LogP contribution in [0.2, 0.25) is 5.02 Å². The van der Waals surface area contributed by atoms with Crippen molar-refractivity contribution in [1.82, 2.24) is 5.32 Å². The first kappa shape index (κ1) is 20.6. The lowest BCUT2D eigenvalue weighted by Crippen LogP contribution is -2.25. The molecule has 0 fully saturated rings. The summed E-state index contributed by atoms with van der Waals surface area (Å²) in [6.07, 6.45) is 0.416. The van der Waals surface area contributed by atoms with Gasteiger partial charge in [-0.1, -0.05) is 29.3 Å². The van der Waals surface area contributed by atoms with E-state index in [-0.39, 0.29) is 12.3 Å². The molecule has 2 rings (SSSR count). The highest BCUT2D eigenvalue weighted by Crippen LogP contribution is 2.24. The van der Waals surface area contributed by atoms with Crippen LogP contribution in [0.1, 0.15) is 23.1 Å². The van der Waals surface area contributed by atoms with E-state index in [0.29, 0.717) is 37.0 Å². The molecule has 0 radical (unpaired) electrons. The van der Waals surface area contributed by atoms with E-state index in [4.69, 9.17) is 26.3 Å². The minimum Gasteiger partial charge on any atom is -0.490 e. The number of rotatable bonds is 9. The number of carbonyl (C=O) groups is 1. The fraction of sp³-hybridized carbons (Fsp3) is 0.333. The Labute approximate surface area is 164 Å². The van der Waals surface area contributed by atoms with Crippen molar-refractivity contribution in [2.75, 3.05) is 19.8 Å². The molecule has 0 aliphatic heterocycles. The lowest BCUT2D eigenvalue weighted by atomic mass is 10.1. The average molecular weight is 387 g/mol. The zero-order chi connectivity index (χ0) is 19.6. The Morgan fingerprint density at radius 1 is 1.11 bits per heavy atom. The Hall–Kier alpha value is -2.71. The quantitative estimate of drug-likeness (QED) is 0.661. The van der Waals surface area contributed by atoms with Crippen molar-refractivity contribution in [1.29, 1.82) is 5.26 Å². The van der Waals surface area contributed by atoms with Crippen LogP contribution in [0.15, 0.2) is 36.4 Å². The highest BCUT2D eigenvalue weighted by molar-refractivity contribution is 6.30. The molecule has 2 aromatic rings. The van der Waals surface area contributed by atoms with E-state index in [1.165, 1.54) is 5.56 Å². The van der Waals surface area contributed by atoms with E-state index in [1.54, 1.807) is 6.07 Å². The van der Waals surface area contributed by atoms with Gasteiger partial charge in [-0.3, -0.25) is 4.79 Å². The molecule has 1 N–H and O–H groups in total. The van der Waals surface area contributed by atoms with Gasteiger partial charge in [-0.2, -0.15) is 5.26 Å². The topological polar surface area (TPSA) is 71.3 Å². The Kier molecular flexibility index (Phi) is 7.97. The normalized spacial score (nSPS) is 10.1. The second-order valence-electron chi connectivity index (χ2n) is 6.15. The van der Waals surface area contributed by atoms with Gasteiger partial charge in [0.15, 0.2) is 0 Å². The van der Waals surface area contributed by atoms with Crippen LogP contribution >= 0.6 is 11.6 Å². The molecular formula is C21H23ClN2O3. The van der Waals surface area contributed by atoms with Gasteiger partial charge in [-0.05, 0) is 55.7 Å². The third kappa shape index (κ3) is 6.84. The van der Waals surface area contributed by atoms with Crippen molar-refractivity contribution in [3.63, 3.8) is 0 Å². The van der Waals surface area contributed by atoms with Crippen LogP contribution in [0.3, 0.4) is 0 Å². The summed E-state index contributed by atoms with van der Waals surface area (Å²) < 4.78 is 11.6. The summed E-state index contributed by atoms with van der Waals surface area (Å²) >= 11 is 6.07. The van der Waals surface area contributed by atoms with Gasteiger partial charge in [0.25, 0.3) is 0 Å². The predicted molar refractivity (Wildman–Crippen MR) is 105 cm³/mol. The van der Waals surface area contributed by atoms with Gasteiger partial charge < -0.3 is 14.8 Å². The summed E-state index contributed by atoms with van der Waals surface area (Å²) in [7, 11) is 0. The van der Waals surface area contributed by atoms with Crippen LogP contribution in [0, 0.1) is 25.2 Å². The van der Waals surface area contributed by atoms with Crippen molar-refractivity contribution in [3.05, 3.63) is 58.1 Å². The minimum atomic E-state index is -0.288. The molecule has 2 aromatic carbocycles. The third-order valence-corrected chi connectivity index (χ3v) is 4.14. The first-order valence-corrected chi connectivity index (χ1v) is 9.12. The number of nitrogens with zero attached hydrogens (tertiary/aromatic N) is 1. The maximum absolute atomic E-state index is 11.4. The number of amides is 1. The van der Waals surface area contributed by atoms with Gasteiger partial charge in [-0.25, -0.2) is 0 Å². The molecule has 5 nitrogen and oxygen atoms in total. The van der Waals surface area contributed by atoms with Crippen LogP contribution in [-0.4, -0.2) is 25.7 Å². The summed E-state index contributed by atoms with van der Waals surface area (Å²) in [5, 5.41) is 11.8. The average Bonchev–Trinajstić information content (AvgIpc) is 2.62. The molecule has 0 atom stereocenters. The lowest BCUT2D eigenvalue weighted by Gasteiger charge is -2.14. The van der Waals surface area contributed by atoms with Crippen molar-refractivity contribution in [3.8, 4) is 17.6 Å². The number of benzene rings is 2. The molecule has 0 aliphatic rings. The molecule has 0 heterocycles. The summed E-state index contributed by atoms with van der Waals surface area (Å²) in [6.45, 7) is 5.29. The first-order chi connectivity index (χ1) is 13.0. The third-order valence-electron chi connectivity index (χ3n) is 3.91. The van der Waals surface area contributed by atoms with E-state index in [1.807, 2.05) is 44.2 Å². The summed E-state index contributed by atoms with van der Waals surface area (Å²) in [5.74, 6) is 1.27. The molecule has 142 valence electrons. The summed E-state index contributed by atoms with van der Waals surface area (Å²) in [5.41, 5.74) is 3.19. The Bertz CT molecular complexity index is 831. The van der Waals surface area contributed by atoms with E-state index in [2.05, 4.69) is 11.4 Å². The molecule has 0 saturated carbocycles. The van der Waals surface area contributed by atoms with E-state index >= 15 is 0 Å². The molecule has 27 heavy (non-hydrogen) atoms. The smallest absolute Gasteiger partial charge is 0.234 e. The molecule has 1 amide bonds. The highest BCUT2D eigenvalue weighted by Gasteiger charge is 2.07. The molecule has 0 unspecified atom stereocenters. The molecule has 0 spiro atoms. The Morgan fingerprint density at radius 3 is 2.52 bits per heavy atom. The number of nitrogens with one attached hydrogen (secondary N) is 1. The second-order valence-corrected chi connectivity index (χ2v) is 6.59. The zero-order valence-electron chi connectivity index (χ0n) is 15.5. The number of halogens is 1. The van der Waals surface area contributed by atoms with Gasteiger partial charge >= 0.3 is 0 Å². The summed E-state index contributed by atoms with van der Waals surface area (Å²) in [6, 6.07) is 13.3. The monoisotopic (exact) mass is 386 g/mol. The molecule has 0 aromatic heterocycles. The van der Waals surface area contributed by atoms with Gasteiger partial charge in [0.2, 0.25) is 5.91 Å². The molecule has 6 heteroatoms. The van der Waals surface area contributed by atoms with Crippen molar-refractivity contribution in [2.45, 2.75) is 26.7 Å². The summed E-state index contributed by atoms with van der Waals surface area (Å²) in [4.78, 5) is 11.4. The zero-order valence-corrected chi connectivity index (χ0v) is 16.3. The number of carbonyl (C=O) groups excluding carboxylic acids is 1.